The van der Waals surface area contributed by atoms with E-state index in [2.05, 4.69) is 20.4 Å². The van der Waals surface area contributed by atoms with Gasteiger partial charge in [0.2, 0.25) is 0 Å². The van der Waals surface area contributed by atoms with Gasteiger partial charge in [-0.25, -0.2) is 9.07 Å². The molecule has 23 heavy (non-hydrogen) atoms. The number of rotatable bonds is 5. The molecule has 2 fully saturated rings. The number of nitrogens with zero attached hydrogens (tertiary/aromatic N) is 5. The molecule has 2 heterocycles. The molecule has 0 radical (unpaired) electrons. The number of halogens is 1. The lowest BCUT2D eigenvalue weighted by molar-refractivity contribution is 0.171. The van der Waals surface area contributed by atoms with E-state index in [0.717, 1.165) is 50.3 Å². The molecule has 1 saturated carbocycles. The number of likely N-dealkylation sites (tertiary alicyclic amines) is 1. The third-order valence-electron chi connectivity index (χ3n) is 4.94. The van der Waals surface area contributed by atoms with Gasteiger partial charge in [0, 0.05) is 0 Å². The number of tetrazole rings is 1. The lowest BCUT2D eigenvalue weighted by atomic mass is 9.90. The maximum atomic E-state index is 13.3. The second-order valence-corrected chi connectivity index (χ2v) is 6.82. The molecule has 122 valence electrons. The lowest BCUT2D eigenvalue weighted by Crippen LogP contribution is -2.34. The van der Waals surface area contributed by atoms with Crippen molar-refractivity contribution in [2.45, 2.75) is 44.7 Å². The summed E-state index contributed by atoms with van der Waals surface area (Å²) in [5, 5.41) is 12.1. The van der Waals surface area contributed by atoms with Gasteiger partial charge >= 0.3 is 0 Å². The second kappa shape index (κ2) is 6.35. The number of aromatic nitrogens is 4. The van der Waals surface area contributed by atoms with Crippen LogP contribution in [0.2, 0.25) is 0 Å². The summed E-state index contributed by atoms with van der Waals surface area (Å²) in [4.78, 5) is 2.44. The monoisotopic (exact) mass is 315 g/mol. The first-order chi connectivity index (χ1) is 11.3. The Balaban J connectivity index is 1.29. The van der Waals surface area contributed by atoms with E-state index in [1.807, 2.05) is 10.7 Å². The summed E-state index contributed by atoms with van der Waals surface area (Å²) >= 11 is 0. The highest BCUT2D eigenvalue weighted by atomic mass is 19.1. The highest BCUT2D eigenvalue weighted by Crippen LogP contribution is 2.34. The van der Waals surface area contributed by atoms with Gasteiger partial charge in [-0.15, -0.1) is 5.10 Å². The SMILES string of the molecule is Fc1cccc(CC2CCN(Cc3nnnn3C3CC3)CC2)c1. The molecule has 0 atom stereocenters. The first-order valence-electron chi connectivity index (χ1n) is 8.51. The van der Waals surface area contributed by atoms with E-state index in [1.165, 1.54) is 18.9 Å². The van der Waals surface area contributed by atoms with Crippen LogP contribution in [-0.4, -0.2) is 38.2 Å². The molecule has 1 saturated heterocycles. The van der Waals surface area contributed by atoms with Gasteiger partial charge in [-0.05, 0) is 79.2 Å². The summed E-state index contributed by atoms with van der Waals surface area (Å²) in [6, 6.07) is 7.54. The molecule has 0 amide bonds. The topological polar surface area (TPSA) is 46.8 Å². The smallest absolute Gasteiger partial charge is 0.165 e. The zero-order valence-electron chi connectivity index (χ0n) is 13.2. The van der Waals surface area contributed by atoms with Crippen LogP contribution in [0.15, 0.2) is 24.3 Å². The molecule has 5 nitrogen and oxygen atoms in total. The first kappa shape index (κ1) is 14.8. The fraction of sp³-hybridized carbons (Fsp3) is 0.588. The van der Waals surface area contributed by atoms with Gasteiger partial charge in [0.15, 0.2) is 5.82 Å². The Kier molecular flexibility index (Phi) is 4.08. The molecular weight excluding hydrogens is 293 g/mol. The van der Waals surface area contributed by atoms with Crippen LogP contribution in [0.25, 0.3) is 0 Å². The second-order valence-electron chi connectivity index (χ2n) is 6.82. The summed E-state index contributed by atoms with van der Waals surface area (Å²) in [7, 11) is 0. The Morgan fingerprint density at radius 1 is 1.13 bits per heavy atom. The minimum Gasteiger partial charge on any atom is -0.296 e. The van der Waals surface area contributed by atoms with Gasteiger partial charge in [-0.2, -0.15) is 0 Å². The van der Waals surface area contributed by atoms with Gasteiger partial charge in [0.1, 0.15) is 5.82 Å². The molecule has 0 spiro atoms. The summed E-state index contributed by atoms with van der Waals surface area (Å²) < 4.78 is 15.3. The summed E-state index contributed by atoms with van der Waals surface area (Å²) in [5.74, 6) is 1.51. The molecule has 4 rings (SSSR count). The van der Waals surface area contributed by atoms with E-state index in [0.29, 0.717) is 12.0 Å². The molecule has 2 aliphatic rings. The number of hydrogen-bond acceptors (Lipinski definition) is 4. The molecule has 0 unspecified atom stereocenters. The van der Waals surface area contributed by atoms with Gasteiger partial charge in [0.05, 0.1) is 12.6 Å². The average molecular weight is 315 g/mol. The third-order valence-corrected chi connectivity index (χ3v) is 4.94. The lowest BCUT2D eigenvalue weighted by Gasteiger charge is -2.31. The standard InChI is InChI=1S/C17H22FN5/c18-15-3-1-2-14(11-15)10-13-6-8-22(9-7-13)12-17-19-20-21-23(17)16-4-5-16/h1-3,11,13,16H,4-10,12H2. The van der Waals surface area contributed by atoms with Crippen LogP contribution >= 0.6 is 0 Å². The summed E-state index contributed by atoms with van der Waals surface area (Å²) in [6.07, 6.45) is 5.69. The van der Waals surface area contributed by atoms with E-state index in [9.17, 15) is 4.39 Å². The summed E-state index contributed by atoms with van der Waals surface area (Å²) in [5.41, 5.74) is 1.11. The molecule has 0 bridgehead atoms. The van der Waals surface area contributed by atoms with E-state index < -0.39 is 0 Å². The van der Waals surface area contributed by atoms with Crippen molar-refractivity contribution < 1.29 is 4.39 Å². The van der Waals surface area contributed by atoms with Crippen molar-refractivity contribution >= 4 is 0 Å². The summed E-state index contributed by atoms with van der Waals surface area (Å²) in [6.45, 7) is 2.98. The largest absolute Gasteiger partial charge is 0.296 e. The molecule has 2 aromatic rings. The van der Waals surface area contributed by atoms with Crippen LogP contribution < -0.4 is 0 Å². The predicted octanol–water partition coefficient (Wildman–Crippen LogP) is 2.60. The average Bonchev–Trinajstić information content (AvgIpc) is 3.29. The number of hydrogen-bond donors (Lipinski definition) is 0. The van der Waals surface area contributed by atoms with E-state index in [-0.39, 0.29) is 5.82 Å². The zero-order chi connectivity index (χ0) is 15.6. The maximum Gasteiger partial charge on any atom is 0.165 e. The minimum absolute atomic E-state index is 0.133. The maximum absolute atomic E-state index is 13.3. The normalized spacial score (nSPS) is 20.0. The fourth-order valence-corrected chi connectivity index (χ4v) is 3.47. The van der Waals surface area contributed by atoms with Crippen molar-refractivity contribution in [2.75, 3.05) is 13.1 Å². The molecule has 1 aliphatic heterocycles. The van der Waals surface area contributed by atoms with Crippen LogP contribution in [0.3, 0.4) is 0 Å². The van der Waals surface area contributed by atoms with Crippen molar-refractivity contribution in [3.05, 3.63) is 41.5 Å². The number of piperidine rings is 1. The van der Waals surface area contributed by atoms with Crippen LogP contribution in [0.4, 0.5) is 4.39 Å². The van der Waals surface area contributed by atoms with Crippen molar-refractivity contribution in [1.29, 1.82) is 0 Å². The van der Waals surface area contributed by atoms with Crippen molar-refractivity contribution in [3.8, 4) is 0 Å². The Bertz CT molecular complexity index is 659. The van der Waals surface area contributed by atoms with Gasteiger partial charge in [-0.1, -0.05) is 12.1 Å². The Morgan fingerprint density at radius 2 is 1.96 bits per heavy atom. The van der Waals surface area contributed by atoms with E-state index >= 15 is 0 Å². The van der Waals surface area contributed by atoms with E-state index in [4.69, 9.17) is 0 Å². The quantitative estimate of drug-likeness (QED) is 0.851. The van der Waals surface area contributed by atoms with Gasteiger partial charge < -0.3 is 0 Å². The molecule has 6 heteroatoms. The molecule has 0 N–H and O–H groups in total. The Labute approximate surface area is 135 Å². The number of benzene rings is 1. The Morgan fingerprint density at radius 3 is 2.70 bits per heavy atom. The van der Waals surface area contributed by atoms with Gasteiger partial charge in [-0.3, -0.25) is 4.90 Å². The predicted molar refractivity (Wildman–Crippen MR) is 84.2 cm³/mol. The highest BCUT2D eigenvalue weighted by Gasteiger charge is 2.29. The van der Waals surface area contributed by atoms with Crippen molar-refractivity contribution in [1.82, 2.24) is 25.1 Å². The van der Waals surface area contributed by atoms with Crippen LogP contribution in [0, 0.1) is 11.7 Å². The Hall–Kier alpha value is -1.82. The van der Waals surface area contributed by atoms with Crippen molar-refractivity contribution in [2.24, 2.45) is 5.92 Å². The van der Waals surface area contributed by atoms with Crippen LogP contribution in [0.5, 0.6) is 0 Å². The molecular formula is C17H22FN5. The molecule has 1 aliphatic carbocycles. The third kappa shape index (κ3) is 3.58. The van der Waals surface area contributed by atoms with Crippen molar-refractivity contribution in [3.63, 3.8) is 0 Å². The first-order valence-corrected chi connectivity index (χ1v) is 8.51. The van der Waals surface area contributed by atoms with Crippen LogP contribution in [0.1, 0.15) is 43.1 Å². The fourth-order valence-electron chi connectivity index (χ4n) is 3.47. The van der Waals surface area contributed by atoms with E-state index in [1.54, 1.807) is 12.1 Å². The highest BCUT2D eigenvalue weighted by molar-refractivity contribution is 5.17. The minimum atomic E-state index is -0.133. The van der Waals surface area contributed by atoms with Crippen LogP contribution in [-0.2, 0) is 13.0 Å². The molecule has 1 aromatic carbocycles. The molecule has 1 aromatic heterocycles. The van der Waals surface area contributed by atoms with Gasteiger partial charge in [0.25, 0.3) is 0 Å². The zero-order valence-corrected chi connectivity index (χ0v) is 13.2.